The van der Waals surface area contributed by atoms with Crippen LogP contribution in [0, 0.1) is 12.8 Å². The zero-order valence-electron chi connectivity index (χ0n) is 16.5. The molecule has 5 heteroatoms. The number of nitrogens with zero attached hydrogens (tertiary/aromatic N) is 1. The van der Waals surface area contributed by atoms with E-state index in [1.165, 1.54) is 5.56 Å². The van der Waals surface area contributed by atoms with Crippen LogP contribution in [0.2, 0.25) is 0 Å². The average molecular weight is 363 g/mol. The van der Waals surface area contributed by atoms with Crippen LogP contribution in [0.15, 0.2) is 24.3 Å². The molecule has 1 aromatic carbocycles. The molecule has 0 saturated carbocycles. The van der Waals surface area contributed by atoms with Gasteiger partial charge in [0.05, 0.1) is 6.10 Å². The standard InChI is InChI=1S/C21H34N2O3/c1-17(2)25-14-5-10-22-21(24)19-8-11-23(12-9-19)13-15-26-20-7-4-6-18(3)16-20/h4,6-7,16-17,19H,5,8-15H2,1-3H3,(H,22,24). The Bertz CT molecular complexity index is 540. The predicted molar refractivity (Wildman–Crippen MR) is 105 cm³/mol. The summed E-state index contributed by atoms with van der Waals surface area (Å²) < 4.78 is 11.3. The molecule has 1 fully saturated rings. The van der Waals surface area contributed by atoms with Crippen molar-refractivity contribution in [2.75, 3.05) is 39.4 Å². The highest BCUT2D eigenvalue weighted by Gasteiger charge is 2.24. The largest absolute Gasteiger partial charge is 0.492 e. The molecule has 0 radical (unpaired) electrons. The van der Waals surface area contributed by atoms with E-state index in [0.29, 0.717) is 19.8 Å². The molecule has 1 aliphatic rings. The van der Waals surface area contributed by atoms with Crippen molar-refractivity contribution in [2.24, 2.45) is 5.92 Å². The molecule has 1 heterocycles. The van der Waals surface area contributed by atoms with Crippen molar-refractivity contribution in [1.82, 2.24) is 10.2 Å². The Labute approximate surface area is 158 Å². The molecule has 1 aromatic rings. The number of hydrogen-bond acceptors (Lipinski definition) is 4. The smallest absolute Gasteiger partial charge is 0.223 e. The lowest BCUT2D eigenvalue weighted by Gasteiger charge is -2.31. The van der Waals surface area contributed by atoms with E-state index in [-0.39, 0.29) is 17.9 Å². The summed E-state index contributed by atoms with van der Waals surface area (Å²) in [4.78, 5) is 14.6. The van der Waals surface area contributed by atoms with Crippen molar-refractivity contribution in [3.8, 4) is 5.75 Å². The van der Waals surface area contributed by atoms with E-state index >= 15 is 0 Å². The molecule has 1 N–H and O–H groups in total. The lowest BCUT2D eigenvalue weighted by atomic mass is 9.96. The van der Waals surface area contributed by atoms with Crippen LogP contribution in [0.1, 0.15) is 38.7 Å². The number of nitrogens with one attached hydrogen (secondary N) is 1. The van der Waals surface area contributed by atoms with Crippen LogP contribution in [0.5, 0.6) is 5.75 Å². The van der Waals surface area contributed by atoms with Gasteiger partial charge in [-0.25, -0.2) is 0 Å². The molecule has 0 spiro atoms. The monoisotopic (exact) mass is 362 g/mol. The minimum Gasteiger partial charge on any atom is -0.492 e. The van der Waals surface area contributed by atoms with Crippen molar-refractivity contribution in [3.63, 3.8) is 0 Å². The van der Waals surface area contributed by atoms with Crippen LogP contribution >= 0.6 is 0 Å². The third kappa shape index (κ3) is 7.75. The van der Waals surface area contributed by atoms with Gasteiger partial charge in [0.15, 0.2) is 0 Å². The van der Waals surface area contributed by atoms with E-state index in [1.54, 1.807) is 0 Å². The number of carbonyl (C=O) groups excluding carboxylic acids is 1. The minimum atomic E-state index is 0.148. The highest BCUT2D eigenvalue weighted by molar-refractivity contribution is 5.78. The van der Waals surface area contributed by atoms with Gasteiger partial charge in [-0.2, -0.15) is 0 Å². The van der Waals surface area contributed by atoms with E-state index in [9.17, 15) is 4.79 Å². The molecule has 0 unspecified atom stereocenters. The summed E-state index contributed by atoms with van der Waals surface area (Å²) in [6.45, 7) is 11.1. The second kappa shape index (κ2) is 11.2. The summed E-state index contributed by atoms with van der Waals surface area (Å²) in [6.07, 6.45) is 2.99. The molecule has 0 atom stereocenters. The number of piperidine rings is 1. The van der Waals surface area contributed by atoms with Crippen LogP contribution in [0.25, 0.3) is 0 Å². The lowest BCUT2D eigenvalue weighted by molar-refractivity contribution is -0.126. The molecule has 0 aromatic heterocycles. The maximum Gasteiger partial charge on any atom is 0.223 e. The van der Waals surface area contributed by atoms with Gasteiger partial charge in [-0.05, 0) is 70.8 Å². The SMILES string of the molecule is Cc1cccc(OCCN2CCC(C(=O)NCCCOC(C)C)CC2)c1. The summed E-state index contributed by atoms with van der Waals surface area (Å²) in [5.74, 6) is 1.28. The Kier molecular flexibility index (Phi) is 8.92. The first-order valence-electron chi connectivity index (χ1n) is 9.85. The van der Waals surface area contributed by atoms with Crippen LogP contribution in [-0.4, -0.2) is 56.3 Å². The topological polar surface area (TPSA) is 50.8 Å². The Morgan fingerprint density at radius 2 is 2.04 bits per heavy atom. The first-order valence-corrected chi connectivity index (χ1v) is 9.85. The van der Waals surface area contributed by atoms with Gasteiger partial charge in [0.2, 0.25) is 5.91 Å². The lowest BCUT2D eigenvalue weighted by Crippen LogP contribution is -2.42. The van der Waals surface area contributed by atoms with Gasteiger partial charge in [-0.3, -0.25) is 9.69 Å². The highest BCUT2D eigenvalue weighted by atomic mass is 16.5. The first-order chi connectivity index (χ1) is 12.5. The second-order valence-corrected chi connectivity index (χ2v) is 7.35. The molecule has 5 nitrogen and oxygen atoms in total. The number of carbonyl (C=O) groups is 1. The molecule has 1 saturated heterocycles. The van der Waals surface area contributed by atoms with Crippen LogP contribution in [0.3, 0.4) is 0 Å². The normalized spacial score (nSPS) is 16.0. The van der Waals surface area contributed by atoms with E-state index < -0.39 is 0 Å². The summed E-state index contributed by atoms with van der Waals surface area (Å²) >= 11 is 0. The zero-order chi connectivity index (χ0) is 18.8. The third-order valence-electron chi connectivity index (χ3n) is 4.70. The van der Waals surface area contributed by atoms with Gasteiger partial charge in [0.1, 0.15) is 12.4 Å². The van der Waals surface area contributed by atoms with E-state index in [4.69, 9.17) is 9.47 Å². The molecule has 0 aliphatic carbocycles. The molecule has 2 rings (SSSR count). The highest BCUT2D eigenvalue weighted by Crippen LogP contribution is 2.17. The number of likely N-dealkylation sites (tertiary alicyclic amines) is 1. The van der Waals surface area contributed by atoms with Gasteiger partial charge in [-0.1, -0.05) is 12.1 Å². The van der Waals surface area contributed by atoms with Crippen molar-refractivity contribution >= 4 is 5.91 Å². The Morgan fingerprint density at radius 1 is 1.27 bits per heavy atom. The summed E-state index contributed by atoms with van der Waals surface area (Å²) in [5.41, 5.74) is 1.21. The fraction of sp³-hybridized carbons (Fsp3) is 0.667. The van der Waals surface area contributed by atoms with E-state index in [1.807, 2.05) is 26.0 Å². The molecular formula is C21H34N2O3. The van der Waals surface area contributed by atoms with Crippen molar-refractivity contribution in [1.29, 1.82) is 0 Å². The van der Waals surface area contributed by atoms with Gasteiger partial charge in [-0.15, -0.1) is 0 Å². The van der Waals surface area contributed by atoms with Crippen molar-refractivity contribution < 1.29 is 14.3 Å². The van der Waals surface area contributed by atoms with Crippen molar-refractivity contribution in [3.05, 3.63) is 29.8 Å². The van der Waals surface area contributed by atoms with Gasteiger partial charge >= 0.3 is 0 Å². The maximum absolute atomic E-state index is 12.2. The number of ether oxygens (including phenoxy) is 2. The van der Waals surface area contributed by atoms with Crippen molar-refractivity contribution in [2.45, 2.75) is 46.1 Å². The van der Waals surface area contributed by atoms with Crippen LogP contribution in [-0.2, 0) is 9.53 Å². The molecule has 1 amide bonds. The van der Waals surface area contributed by atoms with Gasteiger partial charge < -0.3 is 14.8 Å². The maximum atomic E-state index is 12.2. The fourth-order valence-corrected chi connectivity index (χ4v) is 3.16. The number of aryl methyl sites for hydroxylation is 1. The molecule has 26 heavy (non-hydrogen) atoms. The van der Waals surface area contributed by atoms with Crippen LogP contribution < -0.4 is 10.1 Å². The Morgan fingerprint density at radius 3 is 2.73 bits per heavy atom. The second-order valence-electron chi connectivity index (χ2n) is 7.35. The van der Waals surface area contributed by atoms with Gasteiger partial charge in [0.25, 0.3) is 0 Å². The number of benzene rings is 1. The fourth-order valence-electron chi connectivity index (χ4n) is 3.16. The Hall–Kier alpha value is -1.59. The number of amides is 1. The summed E-state index contributed by atoms with van der Waals surface area (Å²) in [5, 5.41) is 3.05. The third-order valence-corrected chi connectivity index (χ3v) is 4.70. The first kappa shape index (κ1) is 20.7. The molecule has 0 bridgehead atoms. The predicted octanol–water partition coefficient (Wildman–Crippen LogP) is 3.02. The molecular weight excluding hydrogens is 328 g/mol. The molecule has 1 aliphatic heterocycles. The summed E-state index contributed by atoms with van der Waals surface area (Å²) in [6, 6.07) is 8.14. The molecule has 146 valence electrons. The number of rotatable bonds is 10. The summed E-state index contributed by atoms with van der Waals surface area (Å²) in [7, 11) is 0. The van der Waals surface area contributed by atoms with E-state index in [0.717, 1.165) is 44.6 Å². The minimum absolute atomic E-state index is 0.148. The zero-order valence-corrected chi connectivity index (χ0v) is 16.5. The Balaban J connectivity index is 1.56. The van der Waals surface area contributed by atoms with Crippen LogP contribution in [0.4, 0.5) is 0 Å². The number of hydrogen-bond donors (Lipinski definition) is 1. The van der Waals surface area contributed by atoms with E-state index in [2.05, 4.69) is 29.3 Å². The van der Waals surface area contributed by atoms with Gasteiger partial charge in [0, 0.05) is 25.6 Å². The average Bonchev–Trinajstić information content (AvgIpc) is 2.61. The quantitative estimate of drug-likeness (QED) is 0.650.